The first-order valence-electron chi connectivity index (χ1n) is 8.98. The average Bonchev–Trinajstić information content (AvgIpc) is 2.68. The minimum Gasteiger partial charge on any atom is -0.508 e. The molecule has 0 atom stereocenters. The molecule has 0 saturated carbocycles. The van der Waals surface area contributed by atoms with E-state index in [-0.39, 0.29) is 17.6 Å². The maximum Gasteiger partial charge on any atom is 0.221 e. The highest BCUT2D eigenvalue weighted by molar-refractivity contribution is 5.94. The van der Waals surface area contributed by atoms with Gasteiger partial charge in [0.05, 0.1) is 0 Å². The molecule has 142 valence electrons. The van der Waals surface area contributed by atoms with E-state index in [0.717, 1.165) is 22.3 Å². The van der Waals surface area contributed by atoms with E-state index >= 15 is 0 Å². The first-order valence-corrected chi connectivity index (χ1v) is 8.98. The lowest BCUT2D eigenvalue weighted by molar-refractivity contribution is -0.119. The van der Waals surface area contributed by atoms with Crippen molar-refractivity contribution in [3.63, 3.8) is 0 Å². The third kappa shape index (κ3) is 4.57. The van der Waals surface area contributed by atoms with Gasteiger partial charge in [0.2, 0.25) is 11.8 Å². The van der Waals surface area contributed by atoms with Crippen molar-refractivity contribution in [1.29, 1.82) is 0 Å². The molecule has 0 spiro atoms. The summed E-state index contributed by atoms with van der Waals surface area (Å²) >= 11 is 0. The molecule has 0 aliphatic carbocycles. The Morgan fingerprint density at radius 3 is 2.25 bits per heavy atom. The predicted octanol–water partition coefficient (Wildman–Crippen LogP) is 4.32. The minimum absolute atomic E-state index is 0.110. The zero-order valence-electron chi connectivity index (χ0n) is 15.8. The Kier molecular flexibility index (Phi) is 5.75. The maximum absolute atomic E-state index is 11.5. The molecular formula is C23H22N2O3. The van der Waals surface area contributed by atoms with Crippen LogP contribution in [0.3, 0.4) is 0 Å². The number of amides is 2. The third-order valence-electron chi connectivity index (χ3n) is 4.34. The number of phenolic OH excluding ortho intramolecular Hbond substituents is 1. The molecule has 0 aliphatic heterocycles. The Morgan fingerprint density at radius 1 is 0.821 bits per heavy atom. The molecule has 0 radical (unpaired) electrons. The molecule has 3 aromatic carbocycles. The average molecular weight is 374 g/mol. The second kappa shape index (κ2) is 8.39. The summed E-state index contributed by atoms with van der Waals surface area (Å²) in [6, 6.07) is 20.7. The van der Waals surface area contributed by atoms with Crippen molar-refractivity contribution in [3.05, 3.63) is 72.3 Å². The first kappa shape index (κ1) is 19.2. The number of nitrogens with one attached hydrogen (secondary N) is 2. The van der Waals surface area contributed by atoms with Gasteiger partial charge in [0.15, 0.2) is 0 Å². The van der Waals surface area contributed by atoms with Crippen molar-refractivity contribution < 1.29 is 14.7 Å². The summed E-state index contributed by atoms with van der Waals surface area (Å²) < 4.78 is 0. The van der Waals surface area contributed by atoms with Crippen molar-refractivity contribution in [3.8, 4) is 28.0 Å². The Bertz CT molecular complexity index is 1010. The zero-order chi connectivity index (χ0) is 20.1. The number of rotatable bonds is 5. The third-order valence-corrected chi connectivity index (χ3v) is 4.34. The van der Waals surface area contributed by atoms with Gasteiger partial charge in [0, 0.05) is 31.6 Å². The van der Waals surface area contributed by atoms with Crippen LogP contribution in [0.5, 0.6) is 5.75 Å². The summed E-state index contributed by atoms with van der Waals surface area (Å²) in [5.74, 6) is -0.188. The second-order valence-corrected chi connectivity index (χ2v) is 6.56. The molecule has 0 unspecified atom stereocenters. The molecule has 5 heteroatoms. The number of anilines is 1. The number of hydrogen-bond acceptors (Lipinski definition) is 3. The van der Waals surface area contributed by atoms with Crippen molar-refractivity contribution in [1.82, 2.24) is 5.32 Å². The summed E-state index contributed by atoms with van der Waals surface area (Å²) in [5, 5.41) is 15.6. The van der Waals surface area contributed by atoms with Gasteiger partial charge in [-0.3, -0.25) is 9.59 Å². The lowest BCUT2D eigenvalue weighted by atomic mass is 9.94. The highest BCUT2D eigenvalue weighted by Crippen LogP contribution is 2.34. The van der Waals surface area contributed by atoms with E-state index in [1.165, 1.54) is 19.9 Å². The number of phenols is 1. The van der Waals surface area contributed by atoms with E-state index in [1.54, 1.807) is 12.1 Å². The highest BCUT2D eigenvalue weighted by Gasteiger charge is 2.12. The van der Waals surface area contributed by atoms with Crippen LogP contribution in [0.4, 0.5) is 5.69 Å². The van der Waals surface area contributed by atoms with Crippen LogP contribution < -0.4 is 10.6 Å². The van der Waals surface area contributed by atoms with E-state index in [2.05, 4.69) is 10.6 Å². The summed E-state index contributed by atoms with van der Waals surface area (Å²) in [7, 11) is 0. The Morgan fingerprint density at radius 2 is 1.57 bits per heavy atom. The second-order valence-electron chi connectivity index (χ2n) is 6.56. The number of carbonyl (C=O) groups excluding carboxylic acids is 2. The van der Waals surface area contributed by atoms with E-state index in [0.29, 0.717) is 17.8 Å². The van der Waals surface area contributed by atoms with Crippen LogP contribution in [0.15, 0.2) is 66.7 Å². The first-order chi connectivity index (χ1) is 13.4. The van der Waals surface area contributed by atoms with Crippen LogP contribution >= 0.6 is 0 Å². The molecule has 0 aliphatic rings. The fraction of sp³-hybridized carbons (Fsp3) is 0.130. The fourth-order valence-corrected chi connectivity index (χ4v) is 3.10. The van der Waals surface area contributed by atoms with Gasteiger partial charge in [-0.05, 0) is 46.5 Å². The van der Waals surface area contributed by atoms with Gasteiger partial charge in [-0.15, -0.1) is 0 Å². The fourth-order valence-electron chi connectivity index (χ4n) is 3.10. The molecule has 3 N–H and O–H groups in total. The van der Waals surface area contributed by atoms with Gasteiger partial charge in [-0.25, -0.2) is 0 Å². The number of carbonyl (C=O) groups is 2. The molecule has 0 saturated heterocycles. The molecule has 3 aromatic rings. The van der Waals surface area contributed by atoms with Crippen molar-refractivity contribution >= 4 is 17.5 Å². The normalized spacial score (nSPS) is 10.4. The van der Waals surface area contributed by atoms with Gasteiger partial charge in [0.25, 0.3) is 0 Å². The van der Waals surface area contributed by atoms with Gasteiger partial charge in [-0.1, -0.05) is 42.5 Å². The van der Waals surface area contributed by atoms with Crippen molar-refractivity contribution in [2.24, 2.45) is 0 Å². The summed E-state index contributed by atoms with van der Waals surface area (Å²) in [6.07, 6.45) is 0. The van der Waals surface area contributed by atoms with Crippen LogP contribution in [0.1, 0.15) is 19.4 Å². The Labute approximate surface area is 164 Å². The summed E-state index contributed by atoms with van der Waals surface area (Å²) in [6.45, 7) is 3.30. The molecule has 0 bridgehead atoms. The lowest BCUT2D eigenvalue weighted by Crippen LogP contribution is -2.19. The van der Waals surface area contributed by atoms with Crippen LogP contribution in [-0.4, -0.2) is 16.9 Å². The smallest absolute Gasteiger partial charge is 0.221 e. The molecule has 0 aromatic heterocycles. The summed E-state index contributed by atoms with van der Waals surface area (Å²) in [5.41, 5.74) is 5.16. The molecule has 0 heterocycles. The Balaban J connectivity index is 2.11. The highest BCUT2D eigenvalue weighted by atomic mass is 16.3. The van der Waals surface area contributed by atoms with Crippen LogP contribution in [0.2, 0.25) is 0 Å². The quantitative estimate of drug-likeness (QED) is 0.582. The Hall–Kier alpha value is -3.60. The van der Waals surface area contributed by atoms with E-state index in [1.807, 2.05) is 48.5 Å². The van der Waals surface area contributed by atoms with E-state index in [9.17, 15) is 14.7 Å². The minimum atomic E-state index is -0.189. The van der Waals surface area contributed by atoms with Crippen LogP contribution in [0.25, 0.3) is 22.3 Å². The summed E-state index contributed by atoms with van der Waals surface area (Å²) in [4.78, 5) is 23.0. The molecule has 5 nitrogen and oxygen atoms in total. The molecule has 3 rings (SSSR count). The monoisotopic (exact) mass is 374 g/mol. The molecule has 2 amide bonds. The largest absolute Gasteiger partial charge is 0.508 e. The molecular weight excluding hydrogens is 352 g/mol. The molecule has 0 fully saturated rings. The van der Waals surface area contributed by atoms with Gasteiger partial charge < -0.3 is 15.7 Å². The van der Waals surface area contributed by atoms with Gasteiger partial charge in [0.1, 0.15) is 5.75 Å². The van der Waals surface area contributed by atoms with Crippen LogP contribution in [0, 0.1) is 0 Å². The maximum atomic E-state index is 11.5. The van der Waals surface area contributed by atoms with Crippen molar-refractivity contribution in [2.45, 2.75) is 20.4 Å². The van der Waals surface area contributed by atoms with E-state index < -0.39 is 0 Å². The zero-order valence-corrected chi connectivity index (χ0v) is 15.8. The van der Waals surface area contributed by atoms with Gasteiger partial charge >= 0.3 is 0 Å². The van der Waals surface area contributed by atoms with Gasteiger partial charge in [-0.2, -0.15) is 0 Å². The van der Waals surface area contributed by atoms with Crippen molar-refractivity contribution in [2.75, 3.05) is 5.32 Å². The topological polar surface area (TPSA) is 78.4 Å². The standard InChI is InChI=1S/C23H22N2O3/c1-15(26)24-14-19-12-18(8-10-21(19)17-6-4-3-5-7-17)22-13-20(28)9-11-23(22)25-16(2)27/h3-13,28H,14H2,1-2H3,(H,24,26)(H,25,27). The lowest BCUT2D eigenvalue weighted by Gasteiger charge is -2.15. The number of hydrogen-bond donors (Lipinski definition) is 3. The predicted molar refractivity (Wildman–Crippen MR) is 111 cm³/mol. The molecule has 28 heavy (non-hydrogen) atoms. The van der Waals surface area contributed by atoms with Crippen LogP contribution in [-0.2, 0) is 16.1 Å². The number of benzene rings is 3. The van der Waals surface area contributed by atoms with E-state index in [4.69, 9.17) is 0 Å². The SMILES string of the molecule is CC(=O)NCc1cc(-c2cc(O)ccc2NC(C)=O)ccc1-c1ccccc1. The number of aromatic hydroxyl groups is 1.